The van der Waals surface area contributed by atoms with Gasteiger partial charge in [0.2, 0.25) is 0 Å². The Morgan fingerprint density at radius 2 is 2.00 bits per heavy atom. The van der Waals surface area contributed by atoms with Gasteiger partial charge in [0, 0.05) is 10.9 Å². The van der Waals surface area contributed by atoms with Crippen LogP contribution in [-0.2, 0) is 6.42 Å². The summed E-state index contributed by atoms with van der Waals surface area (Å²) in [5, 5.41) is 3.58. The minimum absolute atomic E-state index is 0.410. The molecule has 18 heavy (non-hydrogen) atoms. The first-order chi connectivity index (χ1) is 8.70. The third kappa shape index (κ3) is 3.44. The van der Waals surface area contributed by atoms with Gasteiger partial charge in [0.15, 0.2) is 0 Å². The van der Waals surface area contributed by atoms with Crippen LogP contribution < -0.4 is 5.32 Å². The summed E-state index contributed by atoms with van der Waals surface area (Å²) in [5.41, 5.74) is 2.71. The Labute approximate surface area is 121 Å². The molecule has 0 saturated carbocycles. The molecule has 1 aromatic carbocycles. The van der Waals surface area contributed by atoms with Crippen molar-refractivity contribution in [2.45, 2.75) is 26.3 Å². The van der Waals surface area contributed by atoms with Crippen molar-refractivity contribution in [1.29, 1.82) is 0 Å². The van der Waals surface area contributed by atoms with E-state index >= 15 is 0 Å². The summed E-state index contributed by atoms with van der Waals surface area (Å²) in [6, 6.07) is 13.4. The van der Waals surface area contributed by atoms with E-state index in [1.807, 2.05) is 11.3 Å². The van der Waals surface area contributed by atoms with Crippen LogP contribution in [0, 0.1) is 6.92 Å². The summed E-state index contributed by atoms with van der Waals surface area (Å²) in [5.74, 6) is 0. The Morgan fingerprint density at radius 1 is 1.28 bits per heavy atom. The van der Waals surface area contributed by atoms with Crippen LogP contribution in [0.4, 0.5) is 0 Å². The maximum atomic E-state index is 3.61. The van der Waals surface area contributed by atoms with Gasteiger partial charge in [-0.3, -0.25) is 0 Å². The van der Waals surface area contributed by atoms with E-state index in [0.29, 0.717) is 6.04 Å². The Morgan fingerprint density at radius 3 is 2.56 bits per heavy atom. The van der Waals surface area contributed by atoms with Crippen molar-refractivity contribution >= 4 is 27.3 Å². The van der Waals surface area contributed by atoms with E-state index in [1.165, 1.54) is 19.8 Å². The number of rotatable bonds is 5. The van der Waals surface area contributed by atoms with Crippen LogP contribution in [0.2, 0.25) is 0 Å². The highest BCUT2D eigenvalue weighted by atomic mass is 79.9. The highest BCUT2D eigenvalue weighted by Crippen LogP contribution is 2.32. The fourth-order valence-corrected chi connectivity index (χ4v) is 3.67. The second-order valence-corrected chi connectivity index (χ2v) is 6.81. The summed E-state index contributed by atoms with van der Waals surface area (Å²) in [4.78, 5) is 1.41. The highest BCUT2D eigenvalue weighted by Gasteiger charge is 2.14. The van der Waals surface area contributed by atoms with E-state index in [-0.39, 0.29) is 0 Å². The van der Waals surface area contributed by atoms with Crippen molar-refractivity contribution in [3.05, 3.63) is 56.2 Å². The summed E-state index contributed by atoms with van der Waals surface area (Å²) in [6.45, 7) is 5.30. The van der Waals surface area contributed by atoms with E-state index in [9.17, 15) is 0 Å². The first-order valence-corrected chi connectivity index (χ1v) is 7.84. The van der Waals surface area contributed by atoms with Crippen molar-refractivity contribution in [2.75, 3.05) is 6.54 Å². The van der Waals surface area contributed by atoms with Crippen LogP contribution >= 0.6 is 27.3 Å². The largest absolute Gasteiger partial charge is 0.309 e. The van der Waals surface area contributed by atoms with Gasteiger partial charge in [-0.25, -0.2) is 0 Å². The standard InChI is InChI=1S/C15H18BrNS/c1-3-17-13(10-12-7-5-4-6-8-12)14-9-11(2)15(16)18-14/h4-9,13,17H,3,10H2,1-2H3. The topological polar surface area (TPSA) is 12.0 Å². The average Bonchev–Trinajstić information content (AvgIpc) is 2.70. The SMILES string of the molecule is CCNC(Cc1ccccc1)c1cc(C)c(Br)s1. The Kier molecular flexibility index (Phi) is 4.98. The third-order valence-electron chi connectivity index (χ3n) is 2.95. The van der Waals surface area contributed by atoms with Gasteiger partial charge < -0.3 is 5.32 Å². The maximum absolute atomic E-state index is 3.61. The zero-order valence-electron chi connectivity index (χ0n) is 10.7. The van der Waals surface area contributed by atoms with Gasteiger partial charge in [-0.1, -0.05) is 37.3 Å². The molecule has 2 rings (SSSR count). The molecule has 2 aromatic rings. The van der Waals surface area contributed by atoms with E-state index in [1.54, 1.807) is 0 Å². The van der Waals surface area contributed by atoms with Gasteiger partial charge in [0.25, 0.3) is 0 Å². The molecule has 1 nitrogen and oxygen atoms in total. The lowest BCUT2D eigenvalue weighted by atomic mass is 10.0. The Bertz CT molecular complexity index is 473. The molecule has 0 spiro atoms. The zero-order chi connectivity index (χ0) is 13.0. The number of thiophene rings is 1. The molecule has 0 saturated heterocycles. The predicted molar refractivity (Wildman–Crippen MR) is 83.3 cm³/mol. The molecular formula is C15H18BrNS. The third-order valence-corrected chi connectivity index (χ3v) is 5.20. The fourth-order valence-electron chi connectivity index (χ4n) is 2.02. The molecule has 0 bridgehead atoms. The molecule has 0 fully saturated rings. The lowest BCUT2D eigenvalue weighted by Crippen LogP contribution is -2.22. The number of hydrogen-bond donors (Lipinski definition) is 1. The lowest BCUT2D eigenvalue weighted by molar-refractivity contribution is 0.558. The van der Waals surface area contributed by atoms with Gasteiger partial charge in [-0.2, -0.15) is 0 Å². The zero-order valence-corrected chi connectivity index (χ0v) is 13.1. The molecule has 3 heteroatoms. The van der Waals surface area contributed by atoms with E-state index < -0.39 is 0 Å². The van der Waals surface area contributed by atoms with Gasteiger partial charge in [0.05, 0.1) is 3.79 Å². The number of benzene rings is 1. The molecule has 0 radical (unpaired) electrons. The molecule has 0 aliphatic carbocycles. The van der Waals surface area contributed by atoms with E-state index in [4.69, 9.17) is 0 Å². The van der Waals surface area contributed by atoms with Crippen molar-refractivity contribution in [3.63, 3.8) is 0 Å². The summed E-state index contributed by atoms with van der Waals surface area (Å²) >= 11 is 5.45. The predicted octanol–water partition coefficient (Wildman–Crippen LogP) is 4.71. The highest BCUT2D eigenvalue weighted by molar-refractivity contribution is 9.11. The van der Waals surface area contributed by atoms with Crippen LogP contribution in [-0.4, -0.2) is 6.54 Å². The minimum Gasteiger partial charge on any atom is -0.309 e. The first-order valence-electron chi connectivity index (χ1n) is 6.24. The number of halogens is 1. The fraction of sp³-hybridized carbons (Fsp3) is 0.333. The van der Waals surface area contributed by atoms with Gasteiger partial charge in [0.1, 0.15) is 0 Å². The maximum Gasteiger partial charge on any atom is 0.0731 e. The minimum atomic E-state index is 0.410. The Balaban J connectivity index is 2.18. The molecule has 1 unspecified atom stereocenters. The Hall–Kier alpha value is -0.640. The monoisotopic (exact) mass is 323 g/mol. The number of nitrogens with one attached hydrogen (secondary N) is 1. The molecule has 0 amide bonds. The molecule has 1 N–H and O–H groups in total. The number of aryl methyl sites for hydroxylation is 1. The van der Waals surface area contributed by atoms with Crippen LogP contribution in [0.15, 0.2) is 40.2 Å². The quantitative estimate of drug-likeness (QED) is 0.840. The normalized spacial score (nSPS) is 12.6. The first kappa shape index (κ1) is 13.8. The van der Waals surface area contributed by atoms with Crippen LogP contribution in [0.5, 0.6) is 0 Å². The van der Waals surface area contributed by atoms with E-state index in [2.05, 4.69) is 71.5 Å². The molecular weight excluding hydrogens is 306 g/mol. The summed E-state index contributed by atoms with van der Waals surface area (Å²) in [6.07, 6.45) is 1.04. The average molecular weight is 324 g/mol. The van der Waals surface area contributed by atoms with Gasteiger partial charge in [-0.15, -0.1) is 11.3 Å². The lowest BCUT2D eigenvalue weighted by Gasteiger charge is -2.16. The molecule has 1 atom stereocenters. The smallest absolute Gasteiger partial charge is 0.0731 e. The van der Waals surface area contributed by atoms with Gasteiger partial charge >= 0.3 is 0 Å². The van der Waals surface area contributed by atoms with Crippen molar-refractivity contribution in [2.24, 2.45) is 0 Å². The second-order valence-electron chi connectivity index (χ2n) is 4.41. The van der Waals surface area contributed by atoms with Crippen LogP contribution in [0.1, 0.15) is 29.0 Å². The van der Waals surface area contributed by atoms with Crippen molar-refractivity contribution in [1.82, 2.24) is 5.32 Å². The van der Waals surface area contributed by atoms with Crippen LogP contribution in [0.25, 0.3) is 0 Å². The second kappa shape index (κ2) is 6.50. The molecule has 0 aliphatic rings. The van der Waals surface area contributed by atoms with Gasteiger partial charge in [-0.05, 0) is 53.0 Å². The molecule has 0 aliphatic heterocycles. The number of likely N-dealkylation sites (N-methyl/N-ethyl adjacent to an activating group) is 1. The molecule has 1 aromatic heterocycles. The summed E-state index contributed by atoms with van der Waals surface area (Å²) < 4.78 is 1.24. The van der Waals surface area contributed by atoms with Crippen LogP contribution in [0.3, 0.4) is 0 Å². The van der Waals surface area contributed by atoms with Crippen molar-refractivity contribution < 1.29 is 0 Å². The summed E-state index contributed by atoms with van der Waals surface area (Å²) in [7, 11) is 0. The van der Waals surface area contributed by atoms with E-state index in [0.717, 1.165) is 13.0 Å². The van der Waals surface area contributed by atoms with Crippen molar-refractivity contribution in [3.8, 4) is 0 Å². The molecule has 96 valence electrons. The number of hydrogen-bond acceptors (Lipinski definition) is 2. The molecule has 1 heterocycles.